The van der Waals surface area contributed by atoms with E-state index in [-0.39, 0.29) is 18.6 Å². The summed E-state index contributed by atoms with van der Waals surface area (Å²) >= 11 is 0. The van der Waals surface area contributed by atoms with Crippen LogP contribution in [0.2, 0.25) is 0 Å². The highest BCUT2D eigenvalue weighted by atomic mass is 16.5. The molecule has 0 aromatic carbocycles. The Morgan fingerprint density at radius 2 is 1.87 bits per heavy atom. The number of carbonyl (C=O) groups excluding carboxylic acids is 1. The number of amides is 1. The van der Waals surface area contributed by atoms with Gasteiger partial charge in [0.05, 0.1) is 0 Å². The van der Waals surface area contributed by atoms with Gasteiger partial charge in [0.15, 0.2) is 0 Å². The highest BCUT2D eigenvalue weighted by Crippen LogP contribution is 2.14. The van der Waals surface area contributed by atoms with E-state index in [2.05, 4.69) is 28.1 Å². The zero-order valence-electron chi connectivity index (χ0n) is 14.9. The quantitative estimate of drug-likeness (QED) is 0.724. The van der Waals surface area contributed by atoms with Crippen molar-refractivity contribution in [2.45, 2.75) is 45.1 Å². The molecule has 132 valence electrons. The second-order valence-corrected chi connectivity index (χ2v) is 6.82. The van der Waals surface area contributed by atoms with Crippen molar-refractivity contribution in [1.29, 1.82) is 0 Å². The van der Waals surface area contributed by atoms with Crippen LogP contribution in [0.4, 0.5) is 0 Å². The van der Waals surface area contributed by atoms with Crippen molar-refractivity contribution < 1.29 is 9.53 Å². The van der Waals surface area contributed by atoms with Crippen molar-refractivity contribution in [3.63, 3.8) is 0 Å². The fourth-order valence-electron chi connectivity index (χ4n) is 3.49. The van der Waals surface area contributed by atoms with Crippen LogP contribution in [0.1, 0.15) is 39.0 Å². The van der Waals surface area contributed by atoms with Gasteiger partial charge in [-0.15, -0.1) is 0 Å². The molecule has 2 rings (SSSR count). The summed E-state index contributed by atoms with van der Waals surface area (Å²) in [4.78, 5) is 16.8. The Morgan fingerprint density at radius 1 is 1.17 bits per heavy atom. The lowest BCUT2D eigenvalue weighted by atomic mass is 10.0. The topological polar surface area (TPSA) is 44.8 Å². The van der Waals surface area contributed by atoms with Crippen molar-refractivity contribution in [2.24, 2.45) is 0 Å². The van der Waals surface area contributed by atoms with Gasteiger partial charge in [0.2, 0.25) is 5.91 Å². The maximum atomic E-state index is 11.7. The predicted molar refractivity (Wildman–Crippen MR) is 93.5 cm³/mol. The van der Waals surface area contributed by atoms with E-state index in [4.69, 9.17) is 4.74 Å². The van der Waals surface area contributed by atoms with Crippen molar-refractivity contribution in [2.75, 3.05) is 53.0 Å². The molecule has 0 aromatic rings. The Morgan fingerprint density at radius 3 is 2.57 bits per heavy atom. The van der Waals surface area contributed by atoms with E-state index in [9.17, 15) is 4.79 Å². The van der Waals surface area contributed by atoms with Crippen molar-refractivity contribution >= 4 is 5.91 Å². The summed E-state index contributed by atoms with van der Waals surface area (Å²) < 4.78 is 4.88. The van der Waals surface area contributed by atoms with E-state index in [1.807, 2.05) is 0 Å². The summed E-state index contributed by atoms with van der Waals surface area (Å²) in [5.74, 6) is -0.0393. The largest absolute Gasteiger partial charge is 0.375 e. The SMILES string of the molecule is COCC(=O)N[C@@H](C)C1=CCCN(CCN2CCCCCC2)C1. The first-order chi connectivity index (χ1) is 11.2. The van der Waals surface area contributed by atoms with Crippen LogP contribution in [0.25, 0.3) is 0 Å². The normalized spacial score (nSPS) is 22.3. The number of carbonyl (C=O) groups is 1. The molecule has 1 atom stereocenters. The molecule has 2 aliphatic heterocycles. The molecule has 0 spiro atoms. The van der Waals surface area contributed by atoms with Gasteiger partial charge in [-0.25, -0.2) is 0 Å². The van der Waals surface area contributed by atoms with Gasteiger partial charge >= 0.3 is 0 Å². The van der Waals surface area contributed by atoms with E-state index in [0.29, 0.717) is 0 Å². The molecule has 0 unspecified atom stereocenters. The molecular weight excluding hydrogens is 290 g/mol. The Bertz CT molecular complexity index is 390. The van der Waals surface area contributed by atoms with Gasteiger partial charge in [0, 0.05) is 39.3 Å². The second kappa shape index (κ2) is 10.1. The molecule has 0 bridgehead atoms. The number of nitrogens with one attached hydrogen (secondary N) is 1. The molecule has 0 radical (unpaired) electrons. The van der Waals surface area contributed by atoms with Gasteiger partial charge in [-0.05, 0) is 44.8 Å². The maximum absolute atomic E-state index is 11.7. The molecule has 2 heterocycles. The lowest BCUT2D eigenvalue weighted by molar-refractivity contribution is -0.125. The summed E-state index contributed by atoms with van der Waals surface area (Å²) in [5, 5.41) is 3.02. The van der Waals surface area contributed by atoms with Gasteiger partial charge in [-0.3, -0.25) is 9.69 Å². The summed E-state index contributed by atoms with van der Waals surface area (Å²) in [6.45, 7) is 9.15. The average Bonchev–Trinajstić information content (AvgIpc) is 2.82. The minimum absolute atomic E-state index is 0.0393. The van der Waals surface area contributed by atoms with Crippen molar-refractivity contribution in [1.82, 2.24) is 15.1 Å². The summed E-state index contributed by atoms with van der Waals surface area (Å²) in [6.07, 6.45) is 8.87. The van der Waals surface area contributed by atoms with Crippen LogP contribution in [0.5, 0.6) is 0 Å². The molecule has 2 aliphatic rings. The third kappa shape index (κ3) is 6.61. The standard InChI is InChI=1S/C18H33N3O2/c1-16(19-18(22)15-23-2)17-8-7-11-21(14-17)13-12-20-9-5-3-4-6-10-20/h8,16H,3-7,9-15H2,1-2H3,(H,19,22)/t16-/m0/s1. The molecule has 0 aromatic heterocycles. The van der Waals surface area contributed by atoms with E-state index in [1.165, 1.54) is 50.9 Å². The fraction of sp³-hybridized carbons (Fsp3) is 0.833. The first kappa shape index (κ1) is 18.4. The van der Waals surface area contributed by atoms with E-state index < -0.39 is 0 Å². The van der Waals surface area contributed by atoms with Crippen LogP contribution in [-0.2, 0) is 9.53 Å². The highest BCUT2D eigenvalue weighted by molar-refractivity contribution is 5.77. The van der Waals surface area contributed by atoms with E-state index in [0.717, 1.165) is 26.1 Å². The molecule has 1 saturated heterocycles. The summed E-state index contributed by atoms with van der Waals surface area (Å²) in [6, 6.07) is 0.0960. The van der Waals surface area contributed by atoms with Crippen LogP contribution in [0.3, 0.4) is 0 Å². The number of hydrogen-bond acceptors (Lipinski definition) is 4. The van der Waals surface area contributed by atoms with Crippen LogP contribution in [0, 0.1) is 0 Å². The predicted octanol–water partition coefficient (Wildman–Crippen LogP) is 1.65. The Labute approximate surface area is 141 Å². The molecule has 1 amide bonds. The molecule has 1 fully saturated rings. The highest BCUT2D eigenvalue weighted by Gasteiger charge is 2.19. The van der Waals surface area contributed by atoms with Gasteiger partial charge in [0.25, 0.3) is 0 Å². The van der Waals surface area contributed by atoms with Crippen LogP contribution in [0.15, 0.2) is 11.6 Å². The fourth-order valence-corrected chi connectivity index (χ4v) is 3.49. The van der Waals surface area contributed by atoms with Crippen LogP contribution in [-0.4, -0.2) is 74.7 Å². The molecule has 23 heavy (non-hydrogen) atoms. The van der Waals surface area contributed by atoms with E-state index >= 15 is 0 Å². The van der Waals surface area contributed by atoms with Crippen molar-refractivity contribution in [3.8, 4) is 0 Å². The lowest BCUT2D eigenvalue weighted by Gasteiger charge is -2.32. The van der Waals surface area contributed by atoms with Crippen LogP contribution >= 0.6 is 0 Å². The monoisotopic (exact) mass is 323 g/mol. The third-order valence-corrected chi connectivity index (χ3v) is 4.90. The number of rotatable bonds is 7. The van der Waals surface area contributed by atoms with Crippen molar-refractivity contribution in [3.05, 3.63) is 11.6 Å². The van der Waals surface area contributed by atoms with Gasteiger partial charge in [-0.2, -0.15) is 0 Å². The first-order valence-corrected chi connectivity index (χ1v) is 9.11. The Hall–Kier alpha value is -0.910. The number of likely N-dealkylation sites (tertiary alicyclic amines) is 1. The second-order valence-electron chi connectivity index (χ2n) is 6.82. The molecule has 1 N–H and O–H groups in total. The average molecular weight is 323 g/mol. The van der Waals surface area contributed by atoms with Crippen LogP contribution < -0.4 is 5.32 Å². The first-order valence-electron chi connectivity index (χ1n) is 9.11. The molecular formula is C18H33N3O2. The lowest BCUT2D eigenvalue weighted by Crippen LogP contribution is -2.43. The zero-order chi connectivity index (χ0) is 16.5. The smallest absolute Gasteiger partial charge is 0.246 e. The number of methoxy groups -OCH3 is 1. The minimum Gasteiger partial charge on any atom is -0.375 e. The molecule has 5 nitrogen and oxygen atoms in total. The number of ether oxygens (including phenoxy) is 1. The molecule has 0 saturated carbocycles. The van der Waals surface area contributed by atoms with Gasteiger partial charge in [0.1, 0.15) is 6.61 Å². The maximum Gasteiger partial charge on any atom is 0.246 e. The molecule has 0 aliphatic carbocycles. The molecule has 5 heteroatoms. The van der Waals surface area contributed by atoms with E-state index in [1.54, 1.807) is 7.11 Å². The zero-order valence-corrected chi connectivity index (χ0v) is 14.9. The summed E-state index contributed by atoms with van der Waals surface area (Å²) in [7, 11) is 1.55. The van der Waals surface area contributed by atoms with Gasteiger partial charge in [-0.1, -0.05) is 18.9 Å². The number of hydrogen-bond donors (Lipinski definition) is 1. The Kier molecular flexibility index (Phi) is 8.06. The summed E-state index contributed by atoms with van der Waals surface area (Å²) in [5.41, 5.74) is 1.33. The third-order valence-electron chi connectivity index (χ3n) is 4.90. The van der Waals surface area contributed by atoms with Gasteiger partial charge < -0.3 is 15.0 Å². The minimum atomic E-state index is -0.0393. The Balaban J connectivity index is 1.73. The number of nitrogens with zero attached hydrogens (tertiary/aromatic N) is 2.